The Labute approximate surface area is 268 Å². The van der Waals surface area contributed by atoms with Gasteiger partial charge < -0.3 is 14.4 Å². The van der Waals surface area contributed by atoms with Crippen LogP contribution in [0.5, 0.6) is 11.5 Å². The van der Waals surface area contributed by atoms with E-state index in [1.54, 1.807) is 31.2 Å². The Morgan fingerprint density at radius 3 is 1.98 bits per heavy atom. The zero-order valence-corrected chi connectivity index (χ0v) is 25.5. The number of hydrogen-bond acceptors (Lipinski definition) is 5. The molecular weight excluding hydrogens is 570 g/mol. The quantitative estimate of drug-likeness (QED) is 0.101. The summed E-state index contributed by atoms with van der Waals surface area (Å²) in [6, 6.07) is 32.4. The molecule has 0 saturated heterocycles. The second kappa shape index (κ2) is 11.9. The second-order valence-electron chi connectivity index (χ2n) is 11.4. The summed E-state index contributed by atoms with van der Waals surface area (Å²) >= 11 is 0. The third-order valence-electron chi connectivity index (χ3n) is 8.39. The molecule has 5 heteroatoms. The summed E-state index contributed by atoms with van der Waals surface area (Å²) in [7, 11) is 0. The van der Waals surface area contributed by atoms with Crippen LogP contribution in [-0.4, -0.2) is 11.9 Å². The maximum Gasteiger partial charge on any atom is 0.338 e. The van der Waals surface area contributed by atoms with Gasteiger partial charge in [0.2, 0.25) is 0 Å². The molecule has 5 aromatic rings. The van der Waals surface area contributed by atoms with Crippen LogP contribution >= 0.6 is 0 Å². The average Bonchev–Trinajstić information content (AvgIpc) is 3.09. The second-order valence-corrected chi connectivity index (χ2v) is 11.4. The Morgan fingerprint density at radius 1 is 0.717 bits per heavy atom. The van der Waals surface area contributed by atoms with Gasteiger partial charge in [-0.05, 0) is 107 Å². The summed E-state index contributed by atoms with van der Waals surface area (Å²) in [5.74, 6) is -0.0142. The number of carbonyl (C=O) groups is 2. The molecule has 0 saturated carbocycles. The van der Waals surface area contributed by atoms with Gasteiger partial charge in [0, 0.05) is 28.6 Å². The molecular formula is C41H31NO4. The van der Waals surface area contributed by atoms with Crippen LogP contribution < -0.4 is 14.4 Å². The first kappa shape index (κ1) is 28.8. The molecule has 46 heavy (non-hydrogen) atoms. The lowest BCUT2D eigenvalue weighted by atomic mass is 9.83. The highest BCUT2D eigenvalue weighted by atomic mass is 16.5. The minimum atomic E-state index is -0.498. The summed E-state index contributed by atoms with van der Waals surface area (Å²) < 4.78 is 10.7. The van der Waals surface area contributed by atoms with E-state index < -0.39 is 11.9 Å². The number of anilines is 2. The van der Waals surface area contributed by atoms with Crippen molar-refractivity contribution in [1.29, 1.82) is 0 Å². The molecule has 0 N–H and O–H groups in total. The maximum atomic E-state index is 11.9. The van der Waals surface area contributed by atoms with Crippen molar-refractivity contribution in [3.05, 3.63) is 156 Å². The van der Waals surface area contributed by atoms with E-state index in [0.717, 1.165) is 47.1 Å². The summed E-state index contributed by atoms with van der Waals surface area (Å²) in [5.41, 5.74) is 10.5. The summed E-state index contributed by atoms with van der Waals surface area (Å²) in [6.07, 6.45) is 9.66. The molecule has 5 aromatic carbocycles. The topological polar surface area (TPSA) is 55.8 Å². The van der Waals surface area contributed by atoms with E-state index in [0.29, 0.717) is 17.1 Å². The molecule has 0 bridgehead atoms. The lowest BCUT2D eigenvalue weighted by Gasteiger charge is -2.32. The van der Waals surface area contributed by atoms with Crippen molar-refractivity contribution < 1.29 is 19.1 Å². The van der Waals surface area contributed by atoms with Gasteiger partial charge in [-0.2, -0.15) is 0 Å². The van der Waals surface area contributed by atoms with Crippen molar-refractivity contribution in [2.75, 3.05) is 4.90 Å². The number of carbonyl (C=O) groups excluding carboxylic acids is 2. The Morgan fingerprint density at radius 2 is 1.30 bits per heavy atom. The molecule has 0 unspecified atom stereocenters. The first-order valence-electron chi connectivity index (χ1n) is 15.2. The average molecular weight is 602 g/mol. The van der Waals surface area contributed by atoms with E-state index >= 15 is 0 Å². The van der Waals surface area contributed by atoms with Gasteiger partial charge in [-0.25, -0.2) is 9.59 Å². The smallest absolute Gasteiger partial charge is 0.338 e. The maximum absolute atomic E-state index is 11.9. The van der Waals surface area contributed by atoms with Crippen molar-refractivity contribution >= 4 is 45.9 Å². The van der Waals surface area contributed by atoms with Crippen LogP contribution in [-0.2, 0) is 22.4 Å². The SMILES string of the molecule is C=CC(=O)Oc1ccc(N(C2=CCc3ccc4c5c(ccc2c35)CC=C4)c2ccc(-c3ccc(OC(=O)C(=C)C)cc3)cc2)cc1. The molecule has 2 aliphatic carbocycles. The number of hydrogen-bond donors (Lipinski definition) is 0. The van der Waals surface area contributed by atoms with E-state index in [4.69, 9.17) is 9.47 Å². The molecule has 224 valence electrons. The number of allylic oxidation sites excluding steroid dienone is 2. The van der Waals surface area contributed by atoms with E-state index in [2.05, 4.69) is 84.8 Å². The van der Waals surface area contributed by atoms with Crippen molar-refractivity contribution in [1.82, 2.24) is 0 Å². The van der Waals surface area contributed by atoms with Gasteiger partial charge in [-0.1, -0.05) is 79.9 Å². The fraction of sp³-hybridized carbons (Fsp3) is 0.0732. The van der Waals surface area contributed by atoms with Crippen LogP contribution in [0, 0.1) is 0 Å². The highest BCUT2D eigenvalue weighted by Crippen LogP contribution is 2.44. The van der Waals surface area contributed by atoms with Crippen LogP contribution in [0.25, 0.3) is 33.7 Å². The third kappa shape index (κ3) is 5.33. The van der Waals surface area contributed by atoms with Crippen LogP contribution in [0.15, 0.2) is 134 Å². The predicted molar refractivity (Wildman–Crippen MR) is 185 cm³/mol. The van der Waals surface area contributed by atoms with E-state index in [1.807, 2.05) is 24.3 Å². The summed E-state index contributed by atoms with van der Waals surface area (Å²) in [4.78, 5) is 26.0. The van der Waals surface area contributed by atoms with Crippen molar-refractivity contribution in [2.45, 2.75) is 19.8 Å². The number of esters is 2. The van der Waals surface area contributed by atoms with Gasteiger partial charge in [0.05, 0.1) is 5.70 Å². The first-order valence-corrected chi connectivity index (χ1v) is 15.2. The molecule has 0 spiro atoms. The third-order valence-corrected chi connectivity index (χ3v) is 8.39. The molecule has 0 heterocycles. The molecule has 2 aliphatic rings. The van der Waals surface area contributed by atoms with E-state index in [1.165, 1.54) is 33.0 Å². The molecule has 0 amide bonds. The highest BCUT2D eigenvalue weighted by molar-refractivity contribution is 6.07. The predicted octanol–water partition coefficient (Wildman–Crippen LogP) is 9.38. The molecule has 5 nitrogen and oxygen atoms in total. The summed E-state index contributed by atoms with van der Waals surface area (Å²) in [6.45, 7) is 8.76. The largest absolute Gasteiger partial charge is 0.423 e. The first-order chi connectivity index (χ1) is 22.4. The Bertz CT molecular complexity index is 2100. The fourth-order valence-electron chi connectivity index (χ4n) is 6.16. The number of rotatable bonds is 8. The van der Waals surface area contributed by atoms with E-state index in [9.17, 15) is 9.59 Å². The van der Waals surface area contributed by atoms with Crippen LogP contribution in [0.3, 0.4) is 0 Å². The van der Waals surface area contributed by atoms with Gasteiger partial charge in [0.1, 0.15) is 11.5 Å². The molecule has 0 fully saturated rings. The minimum Gasteiger partial charge on any atom is -0.423 e. The monoisotopic (exact) mass is 601 g/mol. The molecule has 7 rings (SSSR count). The van der Waals surface area contributed by atoms with Gasteiger partial charge in [0.25, 0.3) is 0 Å². The van der Waals surface area contributed by atoms with Crippen LogP contribution in [0.1, 0.15) is 29.2 Å². The van der Waals surface area contributed by atoms with Gasteiger partial charge in [-0.3, -0.25) is 0 Å². The molecule has 0 aliphatic heterocycles. The normalized spacial score (nSPS) is 12.7. The number of benzene rings is 5. The number of nitrogens with zero attached hydrogens (tertiary/aromatic N) is 1. The molecule has 0 atom stereocenters. The highest BCUT2D eigenvalue weighted by Gasteiger charge is 2.25. The Hall–Kier alpha value is -5.94. The summed E-state index contributed by atoms with van der Waals surface area (Å²) in [5, 5.41) is 2.64. The lowest BCUT2D eigenvalue weighted by Crippen LogP contribution is -2.18. The van der Waals surface area contributed by atoms with Crippen molar-refractivity contribution in [3.8, 4) is 22.6 Å². The van der Waals surface area contributed by atoms with Gasteiger partial charge in [-0.15, -0.1) is 0 Å². The minimum absolute atomic E-state index is 0.352. The fourth-order valence-corrected chi connectivity index (χ4v) is 6.16. The Balaban J connectivity index is 1.28. The van der Waals surface area contributed by atoms with Gasteiger partial charge >= 0.3 is 11.9 Å². The van der Waals surface area contributed by atoms with Crippen LogP contribution in [0.2, 0.25) is 0 Å². The van der Waals surface area contributed by atoms with Crippen LogP contribution in [0.4, 0.5) is 11.4 Å². The number of ether oxygens (including phenoxy) is 2. The standard InChI is InChI=1S/C41H31NO4/c1-4-38(43)45-34-22-18-33(19-23-34)42(32-16-10-27(11-17-32)28-12-20-35(21-13-28)46-41(44)26(2)3)37-25-15-31-9-8-29-6-5-7-30-14-24-36(37)40(31)39(29)30/h4-6,8-14,16-25H,1-2,7,15H2,3H3. The molecule has 0 aromatic heterocycles. The van der Waals surface area contributed by atoms with E-state index in [-0.39, 0.29) is 0 Å². The zero-order valence-electron chi connectivity index (χ0n) is 25.5. The molecule has 0 radical (unpaired) electrons. The van der Waals surface area contributed by atoms with Crippen molar-refractivity contribution in [2.24, 2.45) is 0 Å². The Kier molecular flexibility index (Phi) is 7.43. The zero-order chi connectivity index (χ0) is 31.8. The lowest BCUT2D eigenvalue weighted by molar-refractivity contribution is -0.130. The van der Waals surface area contributed by atoms with Gasteiger partial charge in [0.15, 0.2) is 0 Å². The van der Waals surface area contributed by atoms with Crippen molar-refractivity contribution in [3.63, 3.8) is 0 Å².